The number of fused-ring (bicyclic) bond motifs is 1. The molecule has 2 saturated heterocycles. The van der Waals surface area contributed by atoms with Gasteiger partial charge in [-0.2, -0.15) is 5.26 Å². The molecule has 4 heterocycles. The molecule has 5 rings (SSSR count). The highest BCUT2D eigenvalue weighted by molar-refractivity contribution is 7.16. The number of benzene rings is 1. The topological polar surface area (TPSA) is 84.6 Å². The Kier molecular flexibility index (Phi) is 6.00. The van der Waals surface area contributed by atoms with E-state index in [9.17, 15) is 10.1 Å². The largest absolute Gasteiger partial charge is 0.323 e. The number of urea groups is 1. The maximum Gasteiger partial charge on any atom is 0.323 e. The first-order chi connectivity index (χ1) is 16.0. The minimum Gasteiger partial charge on any atom is -0.322 e. The van der Waals surface area contributed by atoms with E-state index >= 15 is 0 Å². The van der Waals surface area contributed by atoms with Crippen LogP contribution in [-0.4, -0.2) is 58.7 Å². The summed E-state index contributed by atoms with van der Waals surface area (Å²) in [5.41, 5.74) is 4.40. The molecular weight excluding hydrogens is 432 g/mol. The van der Waals surface area contributed by atoms with Crippen molar-refractivity contribution >= 4 is 28.2 Å². The molecule has 3 aliphatic rings. The van der Waals surface area contributed by atoms with Crippen LogP contribution in [0.3, 0.4) is 0 Å². The summed E-state index contributed by atoms with van der Waals surface area (Å²) in [4.78, 5) is 28.0. The van der Waals surface area contributed by atoms with Crippen molar-refractivity contribution in [2.45, 2.75) is 45.1 Å². The zero-order valence-corrected chi connectivity index (χ0v) is 19.9. The Labute approximate surface area is 198 Å². The van der Waals surface area contributed by atoms with Gasteiger partial charge in [-0.1, -0.05) is 18.2 Å². The minimum atomic E-state index is -0.0766. The number of nitriles is 1. The second kappa shape index (κ2) is 9.08. The fraction of sp³-hybridized carbons (Fsp3) is 0.440. The zero-order valence-electron chi connectivity index (χ0n) is 19.0. The fourth-order valence-corrected chi connectivity index (χ4v) is 6.19. The van der Waals surface area contributed by atoms with E-state index in [1.54, 1.807) is 6.07 Å². The Bertz CT molecular complexity index is 1180. The van der Waals surface area contributed by atoms with Crippen molar-refractivity contribution < 1.29 is 4.79 Å². The molecule has 3 aliphatic heterocycles. The van der Waals surface area contributed by atoms with Gasteiger partial charge in [-0.3, -0.25) is 15.2 Å². The average molecular weight is 461 g/mol. The van der Waals surface area contributed by atoms with Crippen LogP contribution >= 0.6 is 11.3 Å². The first-order valence-corrected chi connectivity index (χ1v) is 12.4. The lowest BCUT2D eigenvalue weighted by Gasteiger charge is -2.37. The van der Waals surface area contributed by atoms with Crippen LogP contribution in [0.2, 0.25) is 0 Å². The molecule has 1 N–H and O–H groups in total. The molecular formula is C25H28N6OS. The van der Waals surface area contributed by atoms with Gasteiger partial charge in [-0.05, 0) is 51.8 Å². The number of anilines is 1. The average Bonchev–Trinajstić information content (AvgIpc) is 3.45. The number of nitrogens with one attached hydrogen (secondary N) is 1. The van der Waals surface area contributed by atoms with Gasteiger partial charge in [-0.15, -0.1) is 11.3 Å². The molecule has 7 nitrogen and oxygen atoms in total. The molecule has 1 unspecified atom stereocenters. The quantitative estimate of drug-likeness (QED) is 0.710. The van der Waals surface area contributed by atoms with Gasteiger partial charge in [-0.25, -0.2) is 9.78 Å². The molecule has 33 heavy (non-hydrogen) atoms. The Morgan fingerprint density at radius 2 is 2.15 bits per heavy atom. The minimum absolute atomic E-state index is 0.0766. The van der Waals surface area contributed by atoms with Crippen molar-refractivity contribution in [2.75, 3.05) is 31.5 Å². The summed E-state index contributed by atoms with van der Waals surface area (Å²) in [6.07, 6.45) is 5.38. The first-order valence-electron chi connectivity index (χ1n) is 11.5. The van der Waals surface area contributed by atoms with E-state index in [1.807, 2.05) is 36.9 Å². The molecule has 170 valence electrons. The zero-order chi connectivity index (χ0) is 22.9. The summed E-state index contributed by atoms with van der Waals surface area (Å²) in [7, 11) is 0. The lowest BCUT2D eigenvalue weighted by Crippen LogP contribution is -2.53. The molecule has 0 bridgehead atoms. The second-order valence-electron chi connectivity index (χ2n) is 9.10. The van der Waals surface area contributed by atoms with Gasteiger partial charge in [0.1, 0.15) is 0 Å². The van der Waals surface area contributed by atoms with Gasteiger partial charge >= 0.3 is 6.03 Å². The van der Waals surface area contributed by atoms with Crippen molar-refractivity contribution in [2.24, 2.45) is 4.99 Å². The molecule has 1 aromatic heterocycles. The lowest BCUT2D eigenvalue weighted by molar-refractivity contribution is 0.124. The SMILES string of the molecule is CC1=CC(c2sc(NC(=O)N3CCN4CCC[C@@H]4C3)nc2-c2cccc(C#N)c2)CC(C)=N1. The summed E-state index contributed by atoms with van der Waals surface area (Å²) in [5.74, 6) is 0.147. The molecule has 0 spiro atoms. The van der Waals surface area contributed by atoms with Gasteiger partial charge in [0, 0.05) is 53.4 Å². The van der Waals surface area contributed by atoms with E-state index in [1.165, 1.54) is 24.2 Å². The third-order valence-corrected chi connectivity index (χ3v) is 7.77. The third kappa shape index (κ3) is 4.56. The molecule has 2 atom stereocenters. The normalized spacial score (nSPS) is 22.9. The molecule has 2 aromatic rings. The number of amides is 2. The third-order valence-electron chi connectivity index (χ3n) is 6.67. The van der Waals surface area contributed by atoms with Crippen LogP contribution in [0, 0.1) is 11.3 Å². The number of nitrogens with zero attached hydrogens (tertiary/aromatic N) is 5. The predicted molar refractivity (Wildman–Crippen MR) is 132 cm³/mol. The Balaban J connectivity index is 1.43. The Morgan fingerprint density at radius 3 is 2.97 bits per heavy atom. The molecule has 2 amide bonds. The first kappa shape index (κ1) is 21.8. The van der Waals surface area contributed by atoms with Crippen molar-refractivity contribution in [1.29, 1.82) is 5.26 Å². The molecule has 0 saturated carbocycles. The van der Waals surface area contributed by atoms with Crippen molar-refractivity contribution in [1.82, 2.24) is 14.8 Å². The van der Waals surface area contributed by atoms with E-state index in [4.69, 9.17) is 4.98 Å². The second-order valence-corrected chi connectivity index (χ2v) is 10.1. The van der Waals surface area contributed by atoms with Crippen molar-refractivity contribution in [3.63, 3.8) is 0 Å². The smallest absolute Gasteiger partial charge is 0.322 e. The van der Waals surface area contributed by atoms with Crippen molar-refractivity contribution in [3.8, 4) is 17.3 Å². The van der Waals surface area contributed by atoms with Crippen LogP contribution in [0.15, 0.2) is 41.0 Å². The van der Waals surface area contributed by atoms with Gasteiger partial charge in [0.15, 0.2) is 5.13 Å². The van der Waals surface area contributed by atoms with E-state index in [-0.39, 0.29) is 11.9 Å². The van der Waals surface area contributed by atoms with Crippen LogP contribution in [0.1, 0.15) is 49.5 Å². The molecule has 0 radical (unpaired) electrons. The van der Waals surface area contributed by atoms with Crippen molar-refractivity contribution in [3.05, 3.63) is 46.5 Å². The molecule has 1 aromatic carbocycles. The number of hydrogen-bond donors (Lipinski definition) is 1. The maximum atomic E-state index is 13.1. The van der Waals surface area contributed by atoms with E-state index in [0.29, 0.717) is 16.7 Å². The Morgan fingerprint density at radius 1 is 1.27 bits per heavy atom. The number of carbonyl (C=O) groups excluding carboxylic acids is 1. The Hall–Kier alpha value is -3.02. The standard InChI is InChI=1S/C25H28N6OS/c1-16-11-20(12-17(2)27-16)23-22(19-6-3-5-18(13-19)14-26)28-24(33-23)29-25(32)31-10-9-30-8-4-7-21(30)15-31/h3,5-6,11,13,20-21H,4,7-10,12,15H2,1-2H3,(H,28,29,32)/t20?,21-/m1/s1. The van der Waals surface area contributed by atoms with Gasteiger partial charge in [0.25, 0.3) is 0 Å². The van der Waals surface area contributed by atoms with Gasteiger partial charge in [0.05, 0.1) is 17.3 Å². The number of rotatable bonds is 3. The van der Waals surface area contributed by atoms with Gasteiger partial charge in [0.2, 0.25) is 0 Å². The summed E-state index contributed by atoms with van der Waals surface area (Å²) in [6.45, 7) is 7.68. The number of aliphatic imine (C=N–C) groups is 1. The molecule has 8 heteroatoms. The number of aromatic nitrogens is 1. The van der Waals surface area contributed by atoms with E-state index in [0.717, 1.165) is 60.1 Å². The number of carbonyl (C=O) groups is 1. The monoisotopic (exact) mass is 460 g/mol. The van der Waals surface area contributed by atoms with Crippen LogP contribution in [0.4, 0.5) is 9.93 Å². The summed E-state index contributed by atoms with van der Waals surface area (Å²) < 4.78 is 0. The number of piperazine rings is 1. The lowest BCUT2D eigenvalue weighted by atomic mass is 9.94. The van der Waals surface area contributed by atoms with Gasteiger partial charge < -0.3 is 4.90 Å². The molecule has 0 aliphatic carbocycles. The number of hydrogen-bond acceptors (Lipinski definition) is 6. The highest BCUT2D eigenvalue weighted by atomic mass is 32.1. The van der Waals surface area contributed by atoms with Crippen LogP contribution in [0.5, 0.6) is 0 Å². The number of thiazole rings is 1. The summed E-state index contributed by atoms with van der Waals surface area (Å²) in [5, 5.41) is 13.0. The maximum absolute atomic E-state index is 13.1. The van der Waals surface area contributed by atoms with E-state index in [2.05, 4.69) is 27.4 Å². The summed E-state index contributed by atoms with van der Waals surface area (Å²) >= 11 is 1.53. The number of allylic oxidation sites excluding steroid dienone is 2. The van der Waals surface area contributed by atoms with Crippen LogP contribution in [-0.2, 0) is 0 Å². The highest BCUT2D eigenvalue weighted by Crippen LogP contribution is 2.40. The van der Waals surface area contributed by atoms with Crippen LogP contribution < -0.4 is 5.32 Å². The molecule has 2 fully saturated rings. The predicted octanol–water partition coefficient (Wildman–Crippen LogP) is 4.85. The highest BCUT2D eigenvalue weighted by Gasteiger charge is 2.33. The van der Waals surface area contributed by atoms with E-state index < -0.39 is 0 Å². The summed E-state index contributed by atoms with van der Waals surface area (Å²) in [6, 6.07) is 10.1. The fourth-order valence-electron chi connectivity index (χ4n) is 5.15. The van der Waals surface area contributed by atoms with Crippen LogP contribution in [0.25, 0.3) is 11.3 Å².